The first-order chi connectivity index (χ1) is 43.0. The van der Waals surface area contributed by atoms with Gasteiger partial charge in [-0.2, -0.15) is 0 Å². The fourth-order valence-electron chi connectivity index (χ4n) is 13.0. The summed E-state index contributed by atoms with van der Waals surface area (Å²) in [5.74, 6) is 1.48. The number of H-pyrrole nitrogens is 1. The average molecular weight is 1190 g/mol. The van der Waals surface area contributed by atoms with Crippen LogP contribution in [0, 0.1) is 0 Å². The highest BCUT2D eigenvalue weighted by Crippen LogP contribution is 2.39. The van der Waals surface area contributed by atoms with Gasteiger partial charge in [0.25, 0.3) is 0 Å². The van der Waals surface area contributed by atoms with E-state index in [0.717, 1.165) is 159 Å². The molecule has 20 rings (SSSR count). The lowest BCUT2D eigenvalue weighted by atomic mass is 10.1. The highest BCUT2D eigenvalue weighted by molar-refractivity contribution is 9.10. The van der Waals surface area contributed by atoms with Crippen molar-refractivity contribution in [3.63, 3.8) is 0 Å². The molecule has 87 heavy (non-hydrogen) atoms. The molecule has 1 N–H and O–H groups in total. The Morgan fingerprint density at radius 3 is 1.15 bits per heavy atom. The summed E-state index contributed by atoms with van der Waals surface area (Å²) in [5.41, 5.74) is 15.8. The van der Waals surface area contributed by atoms with Crippen LogP contribution in [0.3, 0.4) is 0 Å². The van der Waals surface area contributed by atoms with Gasteiger partial charge in [-0.1, -0.05) is 70.5 Å². The van der Waals surface area contributed by atoms with Gasteiger partial charge in [0, 0.05) is 78.5 Å². The second kappa shape index (κ2) is 18.9. The SMILES string of the molecule is Brc1ccc2c3ccncc3n3c4ccccc4nc3c2c1.O=c1ccc2c3cc[nH]cc3n3c4ccccc4nc3c2c1.c1ccc2c(c1)nc1c3cc(Oc4ccc5c6ccncc6n6c7ccccc7nc6c5c4)ccc3c3ccncc3n21. The predicted octanol–water partition coefficient (Wildman–Crippen LogP) is 16.9. The molecule has 0 aliphatic rings. The zero-order valence-electron chi connectivity index (χ0n) is 45.7. The predicted molar refractivity (Wildman–Crippen MR) is 353 cm³/mol. The molecular weight excluding hydrogens is 1140 g/mol. The first-order valence-corrected chi connectivity index (χ1v) is 29.1. The van der Waals surface area contributed by atoms with Crippen LogP contribution in [0.2, 0.25) is 0 Å². The Labute approximate surface area is 498 Å². The summed E-state index contributed by atoms with van der Waals surface area (Å²) >= 11 is 3.58. The topological polar surface area (TPSA) is 150 Å². The normalized spacial score (nSPS) is 12.0. The number of ether oxygens (including phenoxy) is 1. The van der Waals surface area contributed by atoms with Crippen molar-refractivity contribution < 1.29 is 4.74 Å². The maximum absolute atomic E-state index is 11.8. The monoisotopic (exact) mass is 1180 g/mol. The number of nitrogens with zero attached hydrogens (tertiary/aromatic N) is 11. The number of fused-ring (bicyclic) bond motifs is 32. The van der Waals surface area contributed by atoms with Crippen LogP contribution in [0.1, 0.15) is 0 Å². The van der Waals surface area contributed by atoms with Crippen molar-refractivity contribution in [1.29, 1.82) is 0 Å². The minimum Gasteiger partial charge on any atom is -0.457 e. The van der Waals surface area contributed by atoms with Gasteiger partial charge >= 0.3 is 0 Å². The third-order valence-corrected chi connectivity index (χ3v) is 17.3. The molecule has 0 fully saturated rings. The quantitative estimate of drug-likeness (QED) is 0.167. The van der Waals surface area contributed by atoms with Crippen LogP contribution in [0.4, 0.5) is 0 Å². The van der Waals surface area contributed by atoms with Gasteiger partial charge in [-0.25, -0.2) is 19.9 Å². The molecule has 14 nitrogen and oxygen atoms in total. The van der Waals surface area contributed by atoms with E-state index in [9.17, 15) is 4.79 Å². The Hall–Kier alpha value is -11.7. The van der Waals surface area contributed by atoms with Gasteiger partial charge in [0.05, 0.1) is 84.8 Å². The molecule has 20 aromatic rings. The number of rotatable bonds is 2. The summed E-state index contributed by atoms with van der Waals surface area (Å²) in [6.45, 7) is 0. The van der Waals surface area contributed by atoms with E-state index in [1.807, 2.05) is 147 Å². The molecule has 15 heteroatoms. The zero-order chi connectivity index (χ0) is 57.4. The lowest BCUT2D eigenvalue weighted by molar-refractivity contribution is 0.484. The number of benzene rings is 8. The van der Waals surface area contributed by atoms with E-state index >= 15 is 0 Å². The van der Waals surface area contributed by atoms with Crippen LogP contribution in [0.5, 0.6) is 11.5 Å². The number of pyridine rings is 8. The highest BCUT2D eigenvalue weighted by Gasteiger charge is 2.19. The van der Waals surface area contributed by atoms with E-state index in [-0.39, 0.29) is 5.43 Å². The molecule has 12 aromatic heterocycles. The molecule has 0 amide bonds. The molecule has 0 unspecified atom stereocenters. The number of para-hydroxylation sites is 8. The number of aromatic amines is 1. The highest BCUT2D eigenvalue weighted by atomic mass is 79.9. The molecule has 12 heterocycles. The van der Waals surface area contributed by atoms with Crippen LogP contribution in [0.15, 0.2) is 253 Å². The average Bonchev–Trinajstić information content (AvgIpc) is 1.90. The summed E-state index contributed by atoms with van der Waals surface area (Å²) in [6.07, 6.45) is 15.1. The Bertz CT molecular complexity index is 6190. The van der Waals surface area contributed by atoms with Crippen molar-refractivity contribution in [1.82, 2.24) is 57.5 Å². The van der Waals surface area contributed by atoms with Crippen molar-refractivity contribution in [2.45, 2.75) is 0 Å². The van der Waals surface area contributed by atoms with Gasteiger partial charge in [0.15, 0.2) is 5.43 Å². The van der Waals surface area contributed by atoms with Crippen LogP contribution >= 0.6 is 15.9 Å². The van der Waals surface area contributed by atoms with Crippen LogP contribution in [0.25, 0.3) is 153 Å². The summed E-state index contributed by atoms with van der Waals surface area (Å²) in [5, 5.41) is 13.1. The number of aromatic nitrogens is 12. The van der Waals surface area contributed by atoms with Crippen molar-refractivity contribution in [2.75, 3.05) is 0 Å². The number of nitrogens with one attached hydrogen (secondary N) is 1. The molecule has 0 spiro atoms. The Morgan fingerprint density at radius 2 is 0.701 bits per heavy atom. The van der Waals surface area contributed by atoms with E-state index in [1.165, 1.54) is 10.8 Å². The Balaban J connectivity index is 0.000000108. The smallest absolute Gasteiger partial charge is 0.179 e. The molecule has 0 saturated carbocycles. The Morgan fingerprint density at radius 1 is 0.333 bits per heavy atom. The van der Waals surface area contributed by atoms with Gasteiger partial charge < -0.3 is 9.72 Å². The summed E-state index contributed by atoms with van der Waals surface area (Å²) in [4.78, 5) is 47.8. The molecule has 0 bridgehead atoms. The largest absolute Gasteiger partial charge is 0.457 e. The minimum absolute atomic E-state index is 0.00306. The zero-order valence-corrected chi connectivity index (χ0v) is 47.3. The fraction of sp³-hybridized carbons (Fsp3) is 0. The standard InChI is InChI=1S/C36H20N6O.C18H10BrN3.C18H11N3O/c1-3-7-31-29(5-1)39-35-27-17-21(9-11-23(27)25-13-15-37-19-33(25)41(31)35)43-22-10-12-24-26-14-16-38-20-34(26)42-32-8-4-2-6-30(32)40-36(42)28(24)18-22;19-11-5-6-12-13-7-8-20-10-17(13)22-16-4-2-1-3-15(16)21-18(22)14(12)9-11;22-11-5-6-12-13-7-8-19-10-17(13)21-16-4-2-1-3-15(16)20-18(21)14(12)9-11/h1-20H;1-10H;1-10,19H. The summed E-state index contributed by atoms with van der Waals surface area (Å²) in [6, 6.07) is 64.9. The second-order valence-corrected chi connectivity index (χ2v) is 22.5. The molecule has 0 atom stereocenters. The maximum atomic E-state index is 11.8. The molecule has 0 saturated heterocycles. The first kappa shape index (κ1) is 48.8. The number of hydrogen-bond acceptors (Lipinski definition) is 9. The number of halogens is 1. The van der Waals surface area contributed by atoms with E-state index in [2.05, 4.69) is 138 Å². The fourth-order valence-corrected chi connectivity index (χ4v) is 13.4. The van der Waals surface area contributed by atoms with Gasteiger partial charge in [-0.15, -0.1) is 0 Å². The van der Waals surface area contributed by atoms with Crippen LogP contribution in [-0.2, 0) is 0 Å². The third kappa shape index (κ3) is 7.46. The maximum Gasteiger partial charge on any atom is 0.179 e. The van der Waals surface area contributed by atoms with Gasteiger partial charge in [0.1, 0.15) is 34.1 Å². The molecule has 0 aliphatic carbocycles. The summed E-state index contributed by atoms with van der Waals surface area (Å²) < 4.78 is 16.3. The van der Waals surface area contributed by atoms with E-state index < -0.39 is 0 Å². The van der Waals surface area contributed by atoms with Crippen molar-refractivity contribution in [3.8, 4) is 11.5 Å². The van der Waals surface area contributed by atoms with E-state index in [0.29, 0.717) is 0 Å². The summed E-state index contributed by atoms with van der Waals surface area (Å²) in [7, 11) is 0. The van der Waals surface area contributed by atoms with Gasteiger partial charge in [-0.3, -0.25) is 37.3 Å². The third-order valence-electron chi connectivity index (χ3n) is 16.8. The number of hydrogen-bond donors (Lipinski definition) is 1. The Kier molecular flexibility index (Phi) is 10.6. The molecule has 8 aromatic carbocycles. The van der Waals surface area contributed by atoms with Crippen molar-refractivity contribution in [3.05, 3.63) is 258 Å². The molecule has 408 valence electrons. The first-order valence-electron chi connectivity index (χ1n) is 28.3. The van der Waals surface area contributed by atoms with Gasteiger partial charge in [-0.05, 0) is 161 Å². The van der Waals surface area contributed by atoms with E-state index in [1.54, 1.807) is 12.1 Å². The minimum atomic E-state index is 0.00306. The second-order valence-electron chi connectivity index (χ2n) is 21.6. The van der Waals surface area contributed by atoms with Crippen LogP contribution in [-0.4, -0.2) is 57.5 Å². The van der Waals surface area contributed by atoms with Crippen LogP contribution < -0.4 is 10.2 Å². The molecule has 0 radical (unpaired) electrons. The van der Waals surface area contributed by atoms with Crippen molar-refractivity contribution >= 4 is 169 Å². The van der Waals surface area contributed by atoms with E-state index in [4.69, 9.17) is 24.7 Å². The number of imidazole rings is 4. The van der Waals surface area contributed by atoms with Crippen molar-refractivity contribution in [2.24, 2.45) is 0 Å². The lowest BCUT2D eigenvalue weighted by Gasteiger charge is -2.12. The molecule has 0 aliphatic heterocycles. The lowest BCUT2D eigenvalue weighted by Crippen LogP contribution is -1.98. The molecular formula is C72H41BrN12O2. The van der Waals surface area contributed by atoms with Gasteiger partial charge in [0.2, 0.25) is 0 Å².